The third kappa shape index (κ3) is 4.77. The van der Waals surface area contributed by atoms with Crippen LogP contribution in [0.2, 0.25) is 0 Å². The van der Waals surface area contributed by atoms with E-state index in [0.717, 1.165) is 49.9 Å². The van der Waals surface area contributed by atoms with E-state index in [1.807, 2.05) is 66.7 Å². The van der Waals surface area contributed by atoms with Gasteiger partial charge in [0.15, 0.2) is 0 Å². The van der Waals surface area contributed by atoms with Crippen LogP contribution in [0.5, 0.6) is 34.5 Å². The van der Waals surface area contributed by atoms with Crippen LogP contribution in [0.25, 0.3) is 44.2 Å². The highest BCUT2D eigenvalue weighted by molar-refractivity contribution is 6.09. The lowest BCUT2D eigenvalue weighted by Gasteiger charge is -2.20. The van der Waals surface area contributed by atoms with Gasteiger partial charge in [-0.2, -0.15) is 0 Å². The van der Waals surface area contributed by atoms with Gasteiger partial charge < -0.3 is 28.8 Å². The average Bonchev–Trinajstić information content (AvgIpc) is 2.99. The van der Waals surface area contributed by atoms with Crippen LogP contribution in [-0.4, -0.2) is 40.7 Å². The summed E-state index contributed by atoms with van der Waals surface area (Å²) in [7, 11) is 8.21. The smallest absolute Gasteiger partial charge is 0.128 e. The highest BCUT2D eigenvalue weighted by Gasteiger charge is 2.21. The molecule has 39 heavy (non-hydrogen) atoms. The quantitative estimate of drug-likeness (QED) is 0.226. The van der Waals surface area contributed by atoms with Crippen LogP contribution in [0.1, 0.15) is 0 Å². The summed E-state index contributed by atoms with van der Waals surface area (Å²) >= 11 is 0. The van der Waals surface area contributed by atoms with Crippen molar-refractivity contribution in [2.45, 2.75) is 0 Å². The fraction of sp³-hybridized carbons (Fsp3) is 0.152. The number of ether oxygens (including phenoxy) is 5. The molecule has 0 heterocycles. The highest BCUT2D eigenvalue weighted by Crippen LogP contribution is 2.48. The number of hydrogen-bond donors (Lipinski definition) is 1. The first kappa shape index (κ1) is 25.8. The molecule has 0 aliphatic carbocycles. The van der Waals surface area contributed by atoms with Gasteiger partial charge in [0.2, 0.25) is 0 Å². The molecule has 198 valence electrons. The van der Waals surface area contributed by atoms with Crippen LogP contribution in [0.15, 0.2) is 84.9 Å². The number of methoxy groups -OCH3 is 5. The largest absolute Gasteiger partial charge is 0.508 e. The second-order valence-electron chi connectivity index (χ2n) is 8.94. The monoisotopic (exact) mass is 522 g/mol. The first-order valence-electron chi connectivity index (χ1n) is 12.4. The maximum atomic E-state index is 10.6. The van der Waals surface area contributed by atoms with Crippen LogP contribution >= 0.6 is 0 Å². The molecule has 5 rings (SSSR count). The molecule has 0 aliphatic rings. The molecule has 0 fully saturated rings. The minimum atomic E-state index is 0.155. The summed E-state index contributed by atoms with van der Waals surface area (Å²) in [5, 5.41) is 12.3. The molecule has 0 radical (unpaired) electrons. The fourth-order valence-electron chi connectivity index (χ4n) is 4.94. The zero-order valence-corrected chi connectivity index (χ0v) is 22.6. The van der Waals surface area contributed by atoms with Gasteiger partial charge in [0.1, 0.15) is 34.5 Å². The summed E-state index contributed by atoms with van der Waals surface area (Å²) in [4.78, 5) is 0. The molecular weight excluding hydrogens is 492 g/mol. The number of benzene rings is 5. The summed E-state index contributed by atoms with van der Waals surface area (Å²) in [6.07, 6.45) is 0. The molecule has 0 saturated heterocycles. The third-order valence-corrected chi connectivity index (χ3v) is 6.89. The van der Waals surface area contributed by atoms with Gasteiger partial charge in [0, 0.05) is 16.7 Å². The Labute approximate surface area is 227 Å². The maximum absolute atomic E-state index is 10.6. The number of fused-ring (bicyclic) bond motifs is 1. The van der Waals surface area contributed by atoms with Gasteiger partial charge in [-0.25, -0.2) is 0 Å². The number of rotatable bonds is 8. The molecule has 0 unspecified atom stereocenters. The topological polar surface area (TPSA) is 66.4 Å². The molecule has 6 heteroatoms. The second kappa shape index (κ2) is 10.9. The minimum absolute atomic E-state index is 0.155. The molecule has 6 nitrogen and oxygen atoms in total. The first-order chi connectivity index (χ1) is 19.0. The van der Waals surface area contributed by atoms with E-state index in [1.54, 1.807) is 47.7 Å². The van der Waals surface area contributed by atoms with Crippen molar-refractivity contribution in [3.63, 3.8) is 0 Å². The van der Waals surface area contributed by atoms with E-state index in [-0.39, 0.29) is 5.75 Å². The van der Waals surface area contributed by atoms with Crippen LogP contribution in [0.4, 0.5) is 0 Å². The Balaban J connectivity index is 1.81. The Morgan fingerprint density at radius 1 is 0.436 bits per heavy atom. The molecule has 0 aliphatic heterocycles. The van der Waals surface area contributed by atoms with Crippen molar-refractivity contribution in [1.29, 1.82) is 0 Å². The van der Waals surface area contributed by atoms with Crippen molar-refractivity contribution in [3.05, 3.63) is 84.9 Å². The van der Waals surface area contributed by atoms with Crippen LogP contribution in [-0.2, 0) is 0 Å². The first-order valence-corrected chi connectivity index (χ1v) is 12.4. The van der Waals surface area contributed by atoms with Gasteiger partial charge in [-0.15, -0.1) is 0 Å². The van der Waals surface area contributed by atoms with Crippen molar-refractivity contribution in [3.8, 4) is 67.9 Å². The van der Waals surface area contributed by atoms with Gasteiger partial charge in [0.25, 0.3) is 0 Å². The van der Waals surface area contributed by atoms with E-state index in [2.05, 4.69) is 6.07 Å². The Kier molecular flexibility index (Phi) is 7.19. The van der Waals surface area contributed by atoms with Crippen LogP contribution < -0.4 is 23.7 Å². The van der Waals surface area contributed by atoms with Gasteiger partial charge in [-0.3, -0.25) is 0 Å². The molecule has 0 bridgehead atoms. The lowest BCUT2D eigenvalue weighted by atomic mass is 9.89. The summed E-state index contributed by atoms with van der Waals surface area (Å²) in [6.45, 7) is 0. The Morgan fingerprint density at radius 2 is 1.05 bits per heavy atom. The van der Waals surface area contributed by atoms with Gasteiger partial charge in [-0.05, 0) is 94.2 Å². The predicted octanol–water partition coefficient (Wildman–Crippen LogP) is 7.59. The number of phenolic OH excluding ortho intramolecular Hbond substituents is 1. The van der Waals surface area contributed by atoms with Gasteiger partial charge in [0.05, 0.1) is 35.5 Å². The maximum Gasteiger partial charge on any atom is 0.128 e. The van der Waals surface area contributed by atoms with Gasteiger partial charge in [-0.1, -0.05) is 18.2 Å². The predicted molar refractivity (Wildman–Crippen MR) is 155 cm³/mol. The molecule has 0 aromatic heterocycles. The SMILES string of the molecule is COc1ccc(-c2ccc(OC)c(-c3cc(OC)c(-c4cc(OC)ccc4OC)c4ccc(O)cc34)c2)cc1. The highest BCUT2D eigenvalue weighted by atomic mass is 16.5. The zero-order valence-electron chi connectivity index (χ0n) is 22.6. The number of aromatic hydroxyl groups is 1. The van der Waals surface area contributed by atoms with Crippen molar-refractivity contribution >= 4 is 10.8 Å². The zero-order chi connectivity index (χ0) is 27.5. The Morgan fingerprint density at radius 3 is 1.72 bits per heavy atom. The normalized spacial score (nSPS) is 10.8. The molecular formula is C33H30O6. The molecule has 0 spiro atoms. The fourth-order valence-corrected chi connectivity index (χ4v) is 4.94. The molecule has 1 N–H and O–H groups in total. The van der Waals surface area contributed by atoms with E-state index in [4.69, 9.17) is 23.7 Å². The summed E-state index contributed by atoms with van der Waals surface area (Å²) in [5.41, 5.74) is 5.42. The number of hydrogen-bond acceptors (Lipinski definition) is 6. The minimum Gasteiger partial charge on any atom is -0.508 e. The lowest BCUT2D eigenvalue weighted by molar-refractivity contribution is 0.402. The van der Waals surface area contributed by atoms with Crippen molar-refractivity contribution in [1.82, 2.24) is 0 Å². The van der Waals surface area contributed by atoms with E-state index in [1.165, 1.54) is 0 Å². The lowest BCUT2D eigenvalue weighted by Crippen LogP contribution is -1.97. The second-order valence-corrected chi connectivity index (χ2v) is 8.94. The summed E-state index contributed by atoms with van der Waals surface area (Å²) in [6, 6.07) is 26.9. The Bertz CT molecular complexity index is 1640. The molecule has 0 atom stereocenters. The van der Waals surface area contributed by atoms with Crippen molar-refractivity contribution < 1.29 is 28.8 Å². The summed E-state index contributed by atoms with van der Waals surface area (Å²) in [5.74, 6) is 3.66. The molecule has 0 amide bonds. The molecule has 5 aromatic carbocycles. The van der Waals surface area contributed by atoms with Crippen molar-refractivity contribution in [2.75, 3.05) is 35.5 Å². The van der Waals surface area contributed by atoms with E-state index in [9.17, 15) is 5.11 Å². The van der Waals surface area contributed by atoms with E-state index in [0.29, 0.717) is 23.0 Å². The van der Waals surface area contributed by atoms with Crippen LogP contribution in [0, 0.1) is 0 Å². The molecule has 5 aromatic rings. The molecule has 0 saturated carbocycles. The van der Waals surface area contributed by atoms with Crippen molar-refractivity contribution in [2.24, 2.45) is 0 Å². The third-order valence-electron chi connectivity index (χ3n) is 6.89. The van der Waals surface area contributed by atoms with E-state index >= 15 is 0 Å². The van der Waals surface area contributed by atoms with E-state index < -0.39 is 0 Å². The number of phenols is 1. The standard InChI is InChI=1S/C33H30O6/c1-35-23-10-6-20(7-11-23)21-8-14-30(37-3)28(16-21)27-19-32(39-5)33(25-13-9-22(34)17-26(25)27)29-18-24(36-2)12-15-31(29)38-4/h6-19,34H,1-5H3. The van der Waals surface area contributed by atoms with Gasteiger partial charge >= 0.3 is 0 Å². The van der Waals surface area contributed by atoms with Crippen LogP contribution in [0.3, 0.4) is 0 Å². The Hall–Kier alpha value is -4.84. The average molecular weight is 523 g/mol. The summed E-state index contributed by atoms with van der Waals surface area (Å²) < 4.78 is 28.3.